The molecule has 116 valence electrons. The second-order valence-electron chi connectivity index (χ2n) is 5.36. The van der Waals surface area contributed by atoms with Gasteiger partial charge < -0.3 is 10.2 Å². The maximum absolute atomic E-state index is 12.2. The van der Waals surface area contributed by atoms with Gasteiger partial charge in [0.15, 0.2) is 0 Å². The summed E-state index contributed by atoms with van der Waals surface area (Å²) in [5.41, 5.74) is 0.770. The van der Waals surface area contributed by atoms with Gasteiger partial charge in [-0.1, -0.05) is 0 Å². The second-order valence-corrected chi connectivity index (χ2v) is 6.56. The zero-order valence-electron chi connectivity index (χ0n) is 12.8. The number of rotatable bonds is 4. The molecule has 1 fully saturated rings. The normalized spacial score (nSPS) is 14.4. The third kappa shape index (κ3) is 3.24. The van der Waals surface area contributed by atoms with E-state index in [4.69, 9.17) is 0 Å². The largest absolute Gasteiger partial charge is 0.357 e. The minimum Gasteiger partial charge on any atom is -0.357 e. The number of amides is 1. The Labute approximate surface area is 133 Å². The first-order chi connectivity index (χ1) is 10.6. The highest BCUT2D eigenvalue weighted by atomic mass is 32.1. The summed E-state index contributed by atoms with van der Waals surface area (Å²) < 4.78 is 0. The molecule has 2 aromatic rings. The van der Waals surface area contributed by atoms with E-state index in [9.17, 15) is 4.79 Å². The lowest BCUT2D eigenvalue weighted by Gasteiger charge is -2.16. The molecule has 22 heavy (non-hydrogen) atoms. The van der Waals surface area contributed by atoms with Crippen molar-refractivity contribution in [2.75, 3.05) is 18.0 Å². The molecule has 1 saturated heterocycles. The van der Waals surface area contributed by atoms with Crippen LogP contribution in [0.3, 0.4) is 0 Å². The highest BCUT2D eigenvalue weighted by molar-refractivity contribution is 7.13. The fourth-order valence-electron chi connectivity index (χ4n) is 2.58. The summed E-state index contributed by atoms with van der Waals surface area (Å²) in [4.78, 5) is 28.1. The molecule has 0 spiro atoms. The SMILES string of the molecule is Cc1nc(C)c(C(=O)NCc2nccc(N3CCCC3)n2)s1. The molecule has 2 aromatic heterocycles. The highest BCUT2D eigenvalue weighted by Crippen LogP contribution is 2.18. The Bertz CT molecular complexity index is 678. The van der Waals surface area contributed by atoms with Crippen LogP contribution in [-0.2, 0) is 6.54 Å². The zero-order valence-corrected chi connectivity index (χ0v) is 13.6. The molecule has 1 amide bonds. The fourth-order valence-corrected chi connectivity index (χ4v) is 3.41. The van der Waals surface area contributed by atoms with Crippen molar-refractivity contribution in [1.82, 2.24) is 20.3 Å². The molecule has 6 nitrogen and oxygen atoms in total. The predicted molar refractivity (Wildman–Crippen MR) is 86.2 cm³/mol. The molecule has 1 N–H and O–H groups in total. The third-order valence-electron chi connectivity index (χ3n) is 3.64. The molecule has 3 rings (SSSR count). The van der Waals surface area contributed by atoms with Crippen LogP contribution >= 0.6 is 11.3 Å². The number of carbonyl (C=O) groups is 1. The highest BCUT2D eigenvalue weighted by Gasteiger charge is 2.16. The summed E-state index contributed by atoms with van der Waals surface area (Å²) >= 11 is 1.41. The van der Waals surface area contributed by atoms with Gasteiger partial charge in [0.2, 0.25) is 0 Å². The Hall–Kier alpha value is -2.02. The molecule has 7 heteroatoms. The summed E-state index contributed by atoms with van der Waals surface area (Å²) in [6.45, 7) is 6.17. The van der Waals surface area contributed by atoms with E-state index >= 15 is 0 Å². The van der Waals surface area contributed by atoms with Crippen molar-refractivity contribution >= 4 is 23.1 Å². The molecule has 1 aliphatic rings. The van der Waals surface area contributed by atoms with Gasteiger partial charge in [-0.15, -0.1) is 11.3 Å². The average Bonchev–Trinajstić information content (AvgIpc) is 3.15. The number of carbonyl (C=O) groups excluding carboxylic acids is 1. The van der Waals surface area contributed by atoms with E-state index < -0.39 is 0 Å². The van der Waals surface area contributed by atoms with Crippen LogP contribution in [0.15, 0.2) is 12.3 Å². The van der Waals surface area contributed by atoms with Gasteiger partial charge in [-0.05, 0) is 32.8 Å². The molecule has 0 aliphatic carbocycles. The second kappa shape index (κ2) is 6.39. The van der Waals surface area contributed by atoms with E-state index in [-0.39, 0.29) is 5.91 Å². The van der Waals surface area contributed by atoms with E-state index in [1.165, 1.54) is 24.2 Å². The standard InChI is InChI=1S/C15H19N5OS/c1-10-14(22-11(2)18-10)15(21)17-9-12-16-6-5-13(19-12)20-7-3-4-8-20/h5-6H,3-4,7-9H2,1-2H3,(H,17,21). The Morgan fingerprint density at radius 1 is 1.32 bits per heavy atom. The van der Waals surface area contributed by atoms with E-state index in [1.807, 2.05) is 19.9 Å². The van der Waals surface area contributed by atoms with E-state index in [0.29, 0.717) is 17.2 Å². The summed E-state index contributed by atoms with van der Waals surface area (Å²) in [5, 5.41) is 3.77. The van der Waals surface area contributed by atoms with Gasteiger partial charge in [0.25, 0.3) is 5.91 Å². The molecule has 0 unspecified atom stereocenters. The molecule has 0 saturated carbocycles. The van der Waals surface area contributed by atoms with Crippen LogP contribution in [0.2, 0.25) is 0 Å². The summed E-state index contributed by atoms with van der Waals surface area (Å²) in [7, 11) is 0. The van der Waals surface area contributed by atoms with Gasteiger partial charge in [-0.3, -0.25) is 4.79 Å². The topological polar surface area (TPSA) is 71.0 Å². The predicted octanol–water partition coefficient (Wildman–Crippen LogP) is 2.08. The minimum absolute atomic E-state index is 0.113. The van der Waals surface area contributed by atoms with Crippen molar-refractivity contribution in [1.29, 1.82) is 0 Å². The Morgan fingerprint density at radius 2 is 2.09 bits per heavy atom. The number of nitrogens with zero attached hydrogens (tertiary/aromatic N) is 4. The van der Waals surface area contributed by atoms with Gasteiger partial charge in [0.1, 0.15) is 16.5 Å². The van der Waals surface area contributed by atoms with Crippen molar-refractivity contribution in [3.8, 4) is 0 Å². The summed E-state index contributed by atoms with van der Waals surface area (Å²) in [6, 6.07) is 1.92. The lowest BCUT2D eigenvalue weighted by atomic mass is 10.3. The number of aromatic nitrogens is 3. The Balaban J connectivity index is 1.65. The van der Waals surface area contributed by atoms with Crippen LogP contribution in [0.5, 0.6) is 0 Å². The monoisotopic (exact) mass is 317 g/mol. The molecule has 0 aromatic carbocycles. The van der Waals surface area contributed by atoms with E-state index in [0.717, 1.165) is 29.6 Å². The molecule has 0 radical (unpaired) electrons. The van der Waals surface area contributed by atoms with Gasteiger partial charge in [0, 0.05) is 19.3 Å². The van der Waals surface area contributed by atoms with Crippen LogP contribution in [-0.4, -0.2) is 33.9 Å². The quantitative estimate of drug-likeness (QED) is 0.935. The van der Waals surface area contributed by atoms with Crippen molar-refractivity contribution in [3.63, 3.8) is 0 Å². The first-order valence-electron chi connectivity index (χ1n) is 7.42. The van der Waals surface area contributed by atoms with Gasteiger partial charge in [0.05, 0.1) is 17.2 Å². The number of hydrogen-bond acceptors (Lipinski definition) is 6. The molecule has 3 heterocycles. The molecular formula is C15H19N5OS. The third-order valence-corrected chi connectivity index (χ3v) is 4.71. The zero-order chi connectivity index (χ0) is 15.5. The van der Waals surface area contributed by atoms with Crippen molar-refractivity contribution < 1.29 is 4.79 Å². The number of aryl methyl sites for hydroxylation is 2. The number of nitrogens with one attached hydrogen (secondary N) is 1. The van der Waals surface area contributed by atoms with Crippen molar-refractivity contribution in [2.24, 2.45) is 0 Å². The summed E-state index contributed by atoms with van der Waals surface area (Å²) in [5.74, 6) is 1.47. The maximum Gasteiger partial charge on any atom is 0.263 e. The lowest BCUT2D eigenvalue weighted by Crippen LogP contribution is -2.25. The van der Waals surface area contributed by atoms with Crippen LogP contribution < -0.4 is 10.2 Å². The first-order valence-corrected chi connectivity index (χ1v) is 8.24. The number of thiazole rings is 1. The van der Waals surface area contributed by atoms with Crippen LogP contribution in [0.25, 0.3) is 0 Å². The average molecular weight is 317 g/mol. The minimum atomic E-state index is -0.113. The van der Waals surface area contributed by atoms with Gasteiger partial charge >= 0.3 is 0 Å². The molecule has 0 bridgehead atoms. The van der Waals surface area contributed by atoms with Crippen LogP contribution in [0, 0.1) is 13.8 Å². The molecule has 0 atom stereocenters. The Morgan fingerprint density at radius 3 is 2.77 bits per heavy atom. The fraction of sp³-hybridized carbons (Fsp3) is 0.467. The van der Waals surface area contributed by atoms with Crippen LogP contribution in [0.4, 0.5) is 5.82 Å². The molecule has 1 aliphatic heterocycles. The van der Waals surface area contributed by atoms with E-state index in [1.54, 1.807) is 6.20 Å². The number of anilines is 1. The Kier molecular flexibility index (Phi) is 4.33. The smallest absolute Gasteiger partial charge is 0.263 e. The van der Waals surface area contributed by atoms with E-state index in [2.05, 4.69) is 25.2 Å². The van der Waals surface area contributed by atoms with Crippen molar-refractivity contribution in [2.45, 2.75) is 33.2 Å². The van der Waals surface area contributed by atoms with Crippen molar-refractivity contribution in [3.05, 3.63) is 33.7 Å². The summed E-state index contributed by atoms with van der Waals surface area (Å²) in [6.07, 6.45) is 4.17. The van der Waals surface area contributed by atoms with Crippen LogP contribution in [0.1, 0.15) is 39.0 Å². The van der Waals surface area contributed by atoms with Gasteiger partial charge in [-0.2, -0.15) is 0 Å². The lowest BCUT2D eigenvalue weighted by molar-refractivity contribution is 0.0953. The van der Waals surface area contributed by atoms with Gasteiger partial charge in [-0.25, -0.2) is 15.0 Å². The maximum atomic E-state index is 12.2. The number of hydrogen-bond donors (Lipinski definition) is 1. The first kappa shape index (κ1) is 14.9. The molecular weight excluding hydrogens is 298 g/mol.